The summed E-state index contributed by atoms with van der Waals surface area (Å²) in [7, 11) is 1.80. The Hall–Kier alpha value is -1.46. The summed E-state index contributed by atoms with van der Waals surface area (Å²) >= 11 is 0. The van der Waals surface area contributed by atoms with Crippen LogP contribution >= 0.6 is 0 Å². The number of amides is 1. The van der Waals surface area contributed by atoms with E-state index in [0.29, 0.717) is 42.7 Å². The van der Waals surface area contributed by atoms with Gasteiger partial charge in [0.1, 0.15) is 5.82 Å². The summed E-state index contributed by atoms with van der Waals surface area (Å²) < 4.78 is 13.3. The first-order valence-electron chi connectivity index (χ1n) is 7.89. The van der Waals surface area contributed by atoms with Gasteiger partial charge in [0.15, 0.2) is 0 Å². The highest BCUT2D eigenvalue weighted by Gasteiger charge is 2.41. The zero-order valence-electron chi connectivity index (χ0n) is 13.1. The monoisotopic (exact) mass is 306 g/mol. The van der Waals surface area contributed by atoms with Crippen LogP contribution in [0.15, 0.2) is 18.2 Å². The largest absolute Gasteiger partial charge is 0.390 e. The molecule has 4 nitrogen and oxygen atoms in total. The predicted molar refractivity (Wildman–Crippen MR) is 82.2 cm³/mol. The molecule has 1 unspecified atom stereocenters. The fourth-order valence-electron chi connectivity index (χ4n) is 3.16. The number of aliphatic hydroxyl groups excluding tert-OH is 1. The van der Waals surface area contributed by atoms with Crippen LogP contribution in [0.4, 0.5) is 4.39 Å². The van der Waals surface area contributed by atoms with Crippen molar-refractivity contribution in [2.45, 2.75) is 31.9 Å². The molecule has 1 N–H and O–H groups in total. The third-order valence-electron chi connectivity index (χ3n) is 4.74. The van der Waals surface area contributed by atoms with Crippen molar-refractivity contribution in [3.05, 3.63) is 35.1 Å². The molecule has 0 bridgehead atoms. The van der Waals surface area contributed by atoms with Crippen molar-refractivity contribution in [3.8, 4) is 0 Å². The third kappa shape index (κ3) is 3.15. The van der Waals surface area contributed by atoms with E-state index in [1.54, 1.807) is 31.0 Å². The lowest BCUT2D eigenvalue weighted by Gasteiger charge is -2.43. The maximum Gasteiger partial charge on any atom is 0.253 e. The van der Waals surface area contributed by atoms with Crippen LogP contribution in [0, 0.1) is 18.7 Å². The van der Waals surface area contributed by atoms with Crippen LogP contribution in [-0.2, 0) is 0 Å². The zero-order valence-corrected chi connectivity index (χ0v) is 13.1. The lowest BCUT2D eigenvalue weighted by molar-refractivity contribution is -0.0354. The van der Waals surface area contributed by atoms with Gasteiger partial charge in [-0.15, -0.1) is 0 Å². The minimum Gasteiger partial charge on any atom is -0.390 e. The molecule has 120 valence electrons. The quantitative estimate of drug-likeness (QED) is 0.900. The van der Waals surface area contributed by atoms with E-state index >= 15 is 0 Å². The number of carbonyl (C=O) groups is 1. The number of hydrogen-bond acceptors (Lipinski definition) is 3. The van der Waals surface area contributed by atoms with Crippen molar-refractivity contribution in [2.75, 3.05) is 26.7 Å². The summed E-state index contributed by atoms with van der Waals surface area (Å²) in [6.45, 7) is 3.74. The minimum absolute atomic E-state index is 0.0742. The Morgan fingerprint density at radius 3 is 2.68 bits per heavy atom. The Labute approximate surface area is 130 Å². The van der Waals surface area contributed by atoms with Gasteiger partial charge >= 0.3 is 0 Å². The van der Waals surface area contributed by atoms with Gasteiger partial charge in [0, 0.05) is 38.3 Å². The molecular weight excluding hydrogens is 283 g/mol. The molecule has 0 aromatic heterocycles. The van der Waals surface area contributed by atoms with Crippen LogP contribution in [0.1, 0.15) is 28.8 Å². The van der Waals surface area contributed by atoms with E-state index in [1.807, 2.05) is 0 Å². The highest BCUT2D eigenvalue weighted by Crippen LogP contribution is 2.37. The van der Waals surface area contributed by atoms with Gasteiger partial charge < -0.3 is 10.0 Å². The Bertz CT molecular complexity index is 568. The SMILES string of the molecule is Cc1cc(C(=O)N(C)CC(C2CC2)N2CC(O)C2)ccc1F. The fraction of sp³-hybridized carbons (Fsp3) is 0.588. The molecular formula is C17H23FN2O2. The number of hydrogen-bond donors (Lipinski definition) is 1. The van der Waals surface area contributed by atoms with Crippen LogP contribution in [0.3, 0.4) is 0 Å². The molecule has 1 saturated carbocycles. The normalized spacial score (nSPS) is 20.5. The van der Waals surface area contributed by atoms with Crippen molar-refractivity contribution >= 4 is 5.91 Å². The van der Waals surface area contributed by atoms with Gasteiger partial charge in [0.25, 0.3) is 5.91 Å². The standard InChI is InChI=1S/C17H23FN2O2/c1-11-7-13(5-6-15(11)18)17(22)19(2)10-16(12-3-4-12)20-8-14(21)9-20/h5-7,12,14,16,21H,3-4,8-10H2,1-2H3. The van der Waals surface area contributed by atoms with Gasteiger partial charge in [0.05, 0.1) is 6.10 Å². The van der Waals surface area contributed by atoms with Gasteiger partial charge in [-0.05, 0) is 49.4 Å². The molecule has 0 spiro atoms. The Morgan fingerprint density at radius 2 is 2.14 bits per heavy atom. The third-order valence-corrected chi connectivity index (χ3v) is 4.74. The summed E-state index contributed by atoms with van der Waals surface area (Å²) in [5.74, 6) is 0.275. The number of likely N-dealkylation sites (tertiary alicyclic amines) is 1. The second-order valence-corrected chi connectivity index (χ2v) is 6.66. The van der Waals surface area contributed by atoms with Crippen molar-refractivity contribution in [1.29, 1.82) is 0 Å². The number of rotatable bonds is 5. The smallest absolute Gasteiger partial charge is 0.253 e. The van der Waals surface area contributed by atoms with Gasteiger partial charge in [0.2, 0.25) is 0 Å². The second kappa shape index (κ2) is 5.97. The summed E-state index contributed by atoms with van der Waals surface area (Å²) in [5.41, 5.74) is 1.02. The fourth-order valence-corrected chi connectivity index (χ4v) is 3.16. The first kappa shape index (κ1) is 15.4. The average molecular weight is 306 g/mol. The molecule has 0 radical (unpaired) electrons. The highest BCUT2D eigenvalue weighted by molar-refractivity contribution is 5.94. The molecule has 1 saturated heterocycles. The summed E-state index contributed by atoms with van der Waals surface area (Å²) in [6, 6.07) is 4.83. The van der Waals surface area contributed by atoms with Crippen molar-refractivity contribution < 1.29 is 14.3 Å². The van der Waals surface area contributed by atoms with E-state index in [2.05, 4.69) is 4.90 Å². The molecule has 22 heavy (non-hydrogen) atoms. The number of nitrogens with zero attached hydrogens (tertiary/aromatic N) is 2. The number of likely N-dealkylation sites (N-methyl/N-ethyl adjacent to an activating group) is 1. The number of carbonyl (C=O) groups excluding carboxylic acids is 1. The Morgan fingerprint density at radius 1 is 1.45 bits per heavy atom. The second-order valence-electron chi connectivity index (χ2n) is 6.66. The molecule has 1 aromatic carbocycles. The van der Waals surface area contributed by atoms with E-state index in [4.69, 9.17) is 0 Å². The Balaban J connectivity index is 1.65. The molecule has 1 amide bonds. The average Bonchev–Trinajstić information content (AvgIpc) is 3.28. The van der Waals surface area contributed by atoms with E-state index in [0.717, 1.165) is 0 Å². The summed E-state index contributed by atoms with van der Waals surface area (Å²) in [5, 5.41) is 9.49. The highest BCUT2D eigenvalue weighted by atomic mass is 19.1. The number of aliphatic hydroxyl groups is 1. The van der Waals surface area contributed by atoms with Crippen LogP contribution < -0.4 is 0 Å². The first-order chi connectivity index (χ1) is 10.5. The first-order valence-corrected chi connectivity index (χ1v) is 7.89. The van der Waals surface area contributed by atoms with E-state index < -0.39 is 0 Å². The van der Waals surface area contributed by atoms with E-state index in [9.17, 15) is 14.3 Å². The molecule has 1 heterocycles. The molecule has 2 aliphatic rings. The topological polar surface area (TPSA) is 43.8 Å². The number of aryl methyl sites for hydroxylation is 1. The summed E-state index contributed by atoms with van der Waals surface area (Å²) in [4.78, 5) is 16.5. The van der Waals surface area contributed by atoms with Crippen molar-refractivity contribution in [3.63, 3.8) is 0 Å². The van der Waals surface area contributed by atoms with Gasteiger partial charge in [-0.25, -0.2) is 4.39 Å². The lowest BCUT2D eigenvalue weighted by atomic mass is 10.0. The Kier molecular flexibility index (Phi) is 4.19. The number of benzene rings is 1. The van der Waals surface area contributed by atoms with Crippen molar-refractivity contribution in [1.82, 2.24) is 9.80 Å². The molecule has 3 rings (SSSR count). The molecule has 2 fully saturated rings. The van der Waals surface area contributed by atoms with Crippen LogP contribution in [0.5, 0.6) is 0 Å². The van der Waals surface area contributed by atoms with Crippen LogP contribution in [0.25, 0.3) is 0 Å². The maximum absolute atomic E-state index is 13.3. The lowest BCUT2D eigenvalue weighted by Crippen LogP contribution is -2.59. The van der Waals surface area contributed by atoms with Gasteiger partial charge in [-0.2, -0.15) is 0 Å². The molecule has 1 aliphatic heterocycles. The van der Waals surface area contributed by atoms with Crippen molar-refractivity contribution in [2.24, 2.45) is 5.92 Å². The zero-order chi connectivity index (χ0) is 15.9. The molecule has 1 atom stereocenters. The number of β-amino-alcohol motifs (C(OH)–C–C–N with tert-alkyl or cyclic N) is 1. The van der Waals surface area contributed by atoms with Crippen LogP contribution in [-0.4, -0.2) is 59.6 Å². The predicted octanol–water partition coefficient (Wildman–Crippen LogP) is 1.66. The number of halogens is 1. The maximum atomic E-state index is 13.3. The molecule has 5 heteroatoms. The van der Waals surface area contributed by atoms with Crippen LogP contribution in [0.2, 0.25) is 0 Å². The van der Waals surface area contributed by atoms with Gasteiger partial charge in [-0.1, -0.05) is 0 Å². The summed E-state index contributed by atoms with van der Waals surface area (Å²) in [6.07, 6.45) is 2.19. The molecule has 1 aromatic rings. The van der Waals surface area contributed by atoms with E-state index in [-0.39, 0.29) is 17.8 Å². The van der Waals surface area contributed by atoms with Gasteiger partial charge in [-0.3, -0.25) is 9.69 Å². The minimum atomic E-state index is -0.287. The molecule has 1 aliphatic carbocycles. The van der Waals surface area contributed by atoms with E-state index in [1.165, 1.54) is 18.9 Å².